The lowest BCUT2D eigenvalue weighted by Gasteiger charge is -2.14. The zero-order valence-corrected chi connectivity index (χ0v) is 11.6. The standard InChI is InChI=1S/C14H17NO2S/c1-9-6-10(16-2)4-5-12(9)14(15)13-7-11(17-3)8-18-13/h4-8,14H,15H2,1-3H3. The zero-order chi connectivity index (χ0) is 13.1. The Kier molecular flexibility index (Phi) is 3.89. The molecule has 2 aromatic rings. The van der Waals surface area contributed by atoms with Crippen LogP contribution in [0.5, 0.6) is 11.5 Å². The van der Waals surface area contributed by atoms with Crippen LogP contribution in [0.4, 0.5) is 0 Å². The monoisotopic (exact) mass is 263 g/mol. The summed E-state index contributed by atoms with van der Waals surface area (Å²) in [6.07, 6.45) is 0. The number of thiophene rings is 1. The highest BCUT2D eigenvalue weighted by Crippen LogP contribution is 2.31. The SMILES string of the molecule is COc1csc(C(N)c2ccc(OC)cc2C)c1. The van der Waals surface area contributed by atoms with Gasteiger partial charge in [-0.2, -0.15) is 0 Å². The van der Waals surface area contributed by atoms with Crippen LogP contribution in [0.25, 0.3) is 0 Å². The molecule has 0 aliphatic heterocycles. The van der Waals surface area contributed by atoms with Crippen molar-refractivity contribution in [1.29, 1.82) is 0 Å². The number of ether oxygens (including phenoxy) is 2. The first-order valence-corrected chi connectivity index (χ1v) is 6.56. The topological polar surface area (TPSA) is 44.5 Å². The Morgan fingerprint density at radius 2 is 1.83 bits per heavy atom. The molecule has 0 saturated heterocycles. The molecule has 0 amide bonds. The highest BCUT2D eigenvalue weighted by atomic mass is 32.1. The Morgan fingerprint density at radius 3 is 2.39 bits per heavy atom. The number of benzene rings is 1. The zero-order valence-electron chi connectivity index (χ0n) is 10.8. The number of nitrogens with two attached hydrogens (primary N) is 1. The molecule has 0 radical (unpaired) electrons. The van der Waals surface area contributed by atoms with E-state index in [1.165, 1.54) is 0 Å². The molecule has 1 aromatic heterocycles. The molecule has 18 heavy (non-hydrogen) atoms. The lowest BCUT2D eigenvalue weighted by molar-refractivity contribution is 0.414. The molecule has 4 heteroatoms. The molecule has 96 valence electrons. The van der Waals surface area contributed by atoms with Gasteiger partial charge < -0.3 is 15.2 Å². The third-order valence-corrected chi connectivity index (χ3v) is 3.94. The maximum absolute atomic E-state index is 6.29. The van der Waals surface area contributed by atoms with Crippen molar-refractivity contribution >= 4 is 11.3 Å². The van der Waals surface area contributed by atoms with Crippen LogP contribution >= 0.6 is 11.3 Å². The van der Waals surface area contributed by atoms with E-state index in [1.54, 1.807) is 25.6 Å². The van der Waals surface area contributed by atoms with E-state index < -0.39 is 0 Å². The van der Waals surface area contributed by atoms with Crippen LogP contribution in [0.3, 0.4) is 0 Å². The van der Waals surface area contributed by atoms with E-state index in [0.29, 0.717) is 0 Å². The first-order chi connectivity index (χ1) is 8.65. The van der Waals surface area contributed by atoms with E-state index >= 15 is 0 Å². The van der Waals surface area contributed by atoms with Crippen LogP contribution in [0.2, 0.25) is 0 Å². The van der Waals surface area contributed by atoms with Crippen LogP contribution in [-0.2, 0) is 0 Å². The van der Waals surface area contributed by atoms with Crippen LogP contribution in [0, 0.1) is 6.92 Å². The molecule has 0 bridgehead atoms. The highest BCUT2D eigenvalue weighted by molar-refractivity contribution is 7.10. The highest BCUT2D eigenvalue weighted by Gasteiger charge is 2.14. The van der Waals surface area contributed by atoms with Crippen molar-refractivity contribution in [2.75, 3.05) is 14.2 Å². The van der Waals surface area contributed by atoms with E-state index in [-0.39, 0.29) is 6.04 Å². The average molecular weight is 263 g/mol. The van der Waals surface area contributed by atoms with Gasteiger partial charge in [-0.25, -0.2) is 0 Å². The Hall–Kier alpha value is -1.52. The summed E-state index contributed by atoms with van der Waals surface area (Å²) in [5.74, 6) is 1.71. The Balaban J connectivity index is 2.30. The second-order valence-electron chi connectivity index (χ2n) is 4.09. The Labute approximate surface area is 111 Å². The normalized spacial score (nSPS) is 12.2. The Bertz CT molecular complexity index is 536. The van der Waals surface area contributed by atoms with Crippen molar-refractivity contribution < 1.29 is 9.47 Å². The fourth-order valence-corrected chi connectivity index (χ4v) is 2.76. The molecular formula is C14H17NO2S. The van der Waals surface area contributed by atoms with Crippen LogP contribution < -0.4 is 15.2 Å². The summed E-state index contributed by atoms with van der Waals surface area (Å²) < 4.78 is 10.4. The van der Waals surface area contributed by atoms with Gasteiger partial charge in [0.1, 0.15) is 11.5 Å². The van der Waals surface area contributed by atoms with Crippen LogP contribution in [0.15, 0.2) is 29.6 Å². The molecule has 0 fully saturated rings. The van der Waals surface area contributed by atoms with Gasteiger partial charge in [0, 0.05) is 10.3 Å². The fourth-order valence-electron chi connectivity index (χ4n) is 1.88. The number of rotatable bonds is 4. The fraction of sp³-hybridized carbons (Fsp3) is 0.286. The van der Waals surface area contributed by atoms with Gasteiger partial charge in [0.05, 0.1) is 20.3 Å². The number of hydrogen-bond donors (Lipinski definition) is 1. The second-order valence-corrected chi connectivity index (χ2v) is 5.03. The van der Waals surface area contributed by atoms with Crippen molar-refractivity contribution in [3.63, 3.8) is 0 Å². The van der Waals surface area contributed by atoms with E-state index in [1.807, 2.05) is 36.6 Å². The first-order valence-electron chi connectivity index (χ1n) is 5.68. The molecule has 0 spiro atoms. The largest absolute Gasteiger partial charge is 0.497 e. The van der Waals surface area contributed by atoms with Crippen molar-refractivity contribution in [2.24, 2.45) is 5.73 Å². The summed E-state index contributed by atoms with van der Waals surface area (Å²) in [6, 6.07) is 7.82. The molecule has 0 saturated carbocycles. The summed E-state index contributed by atoms with van der Waals surface area (Å²) in [6.45, 7) is 2.04. The van der Waals surface area contributed by atoms with Crippen molar-refractivity contribution in [1.82, 2.24) is 0 Å². The third kappa shape index (κ3) is 2.49. The summed E-state index contributed by atoms with van der Waals surface area (Å²) >= 11 is 1.61. The smallest absolute Gasteiger partial charge is 0.129 e. The molecule has 0 aliphatic carbocycles. The van der Waals surface area contributed by atoms with Gasteiger partial charge >= 0.3 is 0 Å². The van der Waals surface area contributed by atoms with Crippen molar-refractivity contribution in [3.05, 3.63) is 45.6 Å². The predicted molar refractivity (Wildman–Crippen MR) is 74.6 cm³/mol. The quantitative estimate of drug-likeness (QED) is 0.921. The van der Waals surface area contributed by atoms with Gasteiger partial charge in [0.2, 0.25) is 0 Å². The van der Waals surface area contributed by atoms with Gasteiger partial charge in [-0.1, -0.05) is 6.07 Å². The third-order valence-electron chi connectivity index (χ3n) is 2.95. The summed E-state index contributed by atoms with van der Waals surface area (Å²) in [4.78, 5) is 1.10. The molecule has 2 rings (SSSR count). The second kappa shape index (κ2) is 5.42. The predicted octanol–water partition coefficient (Wildman–Crippen LogP) is 3.12. The molecule has 0 aliphatic rings. The Morgan fingerprint density at radius 1 is 1.11 bits per heavy atom. The van der Waals surface area contributed by atoms with Crippen LogP contribution in [0.1, 0.15) is 22.0 Å². The van der Waals surface area contributed by atoms with E-state index in [0.717, 1.165) is 27.5 Å². The molecular weight excluding hydrogens is 246 g/mol. The molecule has 2 N–H and O–H groups in total. The minimum absolute atomic E-state index is 0.121. The van der Waals surface area contributed by atoms with E-state index in [9.17, 15) is 0 Å². The number of methoxy groups -OCH3 is 2. The minimum Gasteiger partial charge on any atom is -0.497 e. The lowest BCUT2D eigenvalue weighted by atomic mass is 10.0. The average Bonchev–Trinajstić information content (AvgIpc) is 2.86. The van der Waals surface area contributed by atoms with Gasteiger partial charge in [0.25, 0.3) is 0 Å². The van der Waals surface area contributed by atoms with Gasteiger partial charge in [0.15, 0.2) is 0 Å². The van der Waals surface area contributed by atoms with Gasteiger partial charge in [-0.05, 0) is 36.2 Å². The molecule has 3 nitrogen and oxygen atoms in total. The first kappa shape index (κ1) is 12.9. The molecule has 1 aromatic carbocycles. The van der Waals surface area contributed by atoms with Crippen molar-refractivity contribution in [3.8, 4) is 11.5 Å². The van der Waals surface area contributed by atoms with Crippen molar-refractivity contribution in [2.45, 2.75) is 13.0 Å². The summed E-state index contributed by atoms with van der Waals surface area (Å²) in [5, 5.41) is 1.97. The maximum atomic E-state index is 6.29. The number of aryl methyl sites for hydroxylation is 1. The molecule has 1 heterocycles. The van der Waals surface area contributed by atoms with E-state index in [2.05, 4.69) is 0 Å². The number of hydrogen-bond acceptors (Lipinski definition) is 4. The summed E-state index contributed by atoms with van der Waals surface area (Å²) in [7, 11) is 3.33. The minimum atomic E-state index is -0.121. The van der Waals surface area contributed by atoms with Crippen LogP contribution in [-0.4, -0.2) is 14.2 Å². The van der Waals surface area contributed by atoms with Gasteiger partial charge in [-0.3, -0.25) is 0 Å². The molecule has 1 unspecified atom stereocenters. The summed E-state index contributed by atoms with van der Waals surface area (Å²) in [5.41, 5.74) is 8.54. The maximum Gasteiger partial charge on any atom is 0.129 e. The molecule has 1 atom stereocenters. The lowest BCUT2D eigenvalue weighted by Crippen LogP contribution is -2.11. The van der Waals surface area contributed by atoms with Gasteiger partial charge in [-0.15, -0.1) is 11.3 Å². The van der Waals surface area contributed by atoms with E-state index in [4.69, 9.17) is 15.2 Å².